The number of carbonyl (C=O) groups excluding carboxylic acids is 1. The molecule has 0 bridgehead atoms. The Bertz CT molecular complexity index is 472. The summed E-state index contributed by atoms with van der Waals surface area (Å²) in [5.41, 5.74) is 1.02. The van der Waals surface area contributed by atoms with E-state index in [2.05, 4.69) is 10.6 Å². The predicted octanol–water partition coefficient (Wildman–Crippen LogP) is 3.24. The van der Waals surface area contributed by atoms with Crippen LogP contribution >= 0.6 is 0 Å². The lowest BCUT2D eigenvalue weighted by Crippen LogP contribution is -2.39. The summed E-state index contributed by atoms with van der Waals surface area (Å²) in [4.78, 5) is 11.9. The fraction of sp³-hybridized carbons (Fsp3) is 0.611. The fourth-order valence-corrected chi connectivity index (χ4v) is 2.37. The van der Waals surface area contributed by atoms with Crippen molar-refractivity contribution in [1.82, 2.24) is 10.6 Å². The van der Waals surface area contributed by atoms with Gasteiger partial charge in [-0.25, -0.2) is 4.79 Å². The minimum absolute atomic E-state index is 0.0878. The van der Waals surface area contributed by atoms with E-state index >= 15 is 0 Å². The zero-order valence-corrected chi connectivity index (χ0v) is 14.8. The number of amides is 2. The largest absolute Gasteiger partial charge is 0.491 e. The molecular formula is C18H30N2O3. The van der Waals surface area contributed by atoms with E-state index in [1.807, 2.05) is 52.0 Å². The van der Waals surface area contributed by atoms with E-state index in [0.717, 1.165) is 11.3 Å². The first-order valence-corrected chi connectivity index (χ1v) is 8.27. The maximum atomic E-state index is 11.9. The topological polar surface area (TPSA) is 70.6 Å². The summed E-state index contributed by atoms with van der Waals surface area (Å²) in [6.07, 6.45) is 0.471. The van der Waals surface area contributed by atoms with Crippen LogP contribution in [0.2, 0.25) is 0 Å². The number of aliphatic hydroxyl groups excluding tert-OH is 1. The Morgan fingerprint density at radius 3 is 2.26 bits per heavy atom. The van der Waals surface area contributed by atoms with Crippen molar-refractivity contribution in [3.8, 4) is 5.75 Å². The molecule has 0 aromatic heterocycles. The molecule has 5 nitrogen and oxygen atoms in total. The highest BCUT2D eigenvalue weighted by Gasteiger charge is 2.12. The molecule has 0 saturated heterocycles. The lowest BCUT2D eigenvalue weighted by atomic mass is 10.1. The second-order valence-electron chi connectivity index (χ2n) is 6.50. The van der Waals surface area contributed by atoms with Crippen LogP contribution in [0.5, 0.6) is 5.75 Å². The molecule has 23 heavy (non-hydrogen) atoms. The highest BCUT2D eigenvalue weighted by molar-refractivity contribution is 5.74. The molecule has 1 aromatic rings. The number of hydrogen-bond acceptors (Lipinski definition) is 3. The second-order valence-corrected chi connectivity index (χ2v) is 6.50. The van der Waals surface area contributed by atoms with Crippen molar-refractivity contribution >= 4 is 6.03 Å². The predicted molar refractivity (Wildman–Crippen MR) is 92.6 cm³/mol. The van der Waals surface area contributed by atoms with Crippen molar-refractivity contribution < 1.29 is 14.6 Å². The molecule has 130 valence electrons. The number of aliphatic hydroxyl groups is 1. The Balaban J connectivity index is 2.42. The molecule has 3 unspecified atom stereocenters. The van der Waals surface area contributed by atoms with Crippen molar-refractivity contribution in [3.05, 3.63) is 29.8 Å². The normalized spacial score (nSPS) is 14.9. The zero-order valence-electron chi connectivity index (χ0n) is 14.8. The van der Waals surface area contributed by atoms with Gasteiger partial charge in [0.15, 0.2) is 0 Å². The first-order chi connectivity index (χ1) is 10.8. The van der Waals surface area contributed by atoms with Crippen molar-refractivity contribution in [2.45, 2.75) is 59.3 Å². The van der Waals surface area contributed by atoms with Gasteiger partial charge >= 0.3 is 6.03 Å². The molecule has 3 atom stereocenters. The van der Waals surface area contributed by atoms with Gasteiger partial charge in [-0.05, 0) is 57.7 Å². The van der Waals surface area contributed by atoms with Gasteiger partial charge in [0.2, 0.25) is 0 Å². The van der Waals surface area contributed by atoms with Gasteiger partial charge in [0.05, 0.1) is 18.2 Å². The third-order valence-electron chi connectivity index (χ3n) is 3.45. The Kier molecular flexibility index (Phi) is 7.89. The Morgan fingerprint density at radius 1 is 1.13 bits per heavy atom. The molecule has 0 aliphatic carbocycles. The number of rotatable bonds is 8. The van der Waals surface area contributed by atoms with Gasteiger partial charge in [0.25, 0.3) is 0 Å². The van der Waals surface area contributed by atoms with Crippen LogP contribution in [0, 0.1) is 5.92 Å². The van der Waals surface area contributed by atoms with Gasteiger partial charge in [-0.3, -0.25) is 0 Å². The van der Waals surface area contributed by atoms with Crippen LogP contribution in [0.25, 0.3) is 0 Å². The smallest absolute Gasteiger partial charge is 0.315 e. The molecule has 1 aromatic carbocycles. The monoisotopic (exact) mass is 322 g/mol. The average molecular weight is 322 g/mol. The number of urea groups is 1. The summed E-state index contributed by atoms with van der Waals surface area (Å²) in [5, 5.41) is 15.1. The standard InChI is InChI=1S/C18H30N2O3/c1-12(2)23-17-8-6-16(7-9-17)15(5)20-18(22)19-11-13(3)10-14(4)21/h6-9,12-15,21H,10-11H2,1-5H3,(H2,19,20,22). The van der Waals surface area contributed by atoms with E-state index in [-0.39, 0.29) is 30.2 Å². The Labute approximate surface area is 139 Å². The van der Waals surface area contributed by atoms with Crippen LogP contribution < -0.4 is 15.4 Å². The van der Waals surface area contributed by atoms with Crippen LogP contribution in [0.15, 0.2) is 24.3 Å². The van der Waals surface area contributed by atoms with Crippen molar-refractivity contribution in [2.75, 3.05) is 6.54 Å². The molecule has 0 heterocycles. The maximum Gasteiger partial charge on any atom is 0.315 e. The number of hydrogen-bond donors (Lipinski definition) is 3. The Hall–Kier alpha value is -1.75. The van der Waals surface area contributed by atoms with Gasteiger partial charge in [-0.1, -0.05) is 19.1 Å². The van der Waals surface area contributed by atoms with E-state index in [4.69, 9.17) is 4.74 Å². The second kappa shape index (κ2) is 9.40. The fourth-order valence-electron chi connectivity index (χ4n) is 2.37. The molecule has 0 aliphatic heterocycles. The van der Waals surface area contributed by atoms with Gasteiger partial charge in [-0.2, -0.15) is 0 Å². The molecule has 0 saturated carbocycles. The van der Waals surface area contributed by atoms with E-state index < -0.39 is 0 Å². The van der Waals surface area contributed by atoms with Crippen LogP contribution in [0.3, 0.4) is 0 Å². The number of ether oxygens (including phenoxy) is 1. The van der Waals surface area contributed by atoms with Crippen LogP contribution in [0.4, 0.5) is 4.79 Å². The van der Waals surface area contributed by atoms with E-state index in [0.29, 0.717) is 13.0 Å². The third-order valence-corrected chi connectivity index (χ3v) is 3.45. The number of carbonyl (C=O) groups is 1. The summed E-state index contributed by atoms with van der Waals surface area (Å²) >= 11 is 0. The molecule has 0 fully saturated rings. The molecule has 0 radical (unpaired) electrons. The van der Waals surface area contributed by atoms with Crippen molar-refractivity contribution in [1.29, 1.82) is 0 Å². The molecule has 1 rings (SSSR count). The lowest BCUT2D eigenvalue weighted by Gasteiger charge is -2.18. The van der Waals surface area contributed by atoms with E-state index in [1.54, 1.807) is 6.92 Å². The SMILES string of the molecule is CC(O)CC(C)CNC(=O)NC(C)c1ccc(OC(C)C)cc1. The summed E-state index contributed by atoms with van der Waals surface area (Å²) in [7, 11) is 0. The summed E-state index contributed by atoms with van der Waals surface area (Å²) < 4.78 is 5.61. The molecule has 0 spiro atoms. The minimum Gasteiger partial charge on any atom is -0.491 e. The Morgan fingerprint density at radius 2 is 1.74 bits per heavy atom. The molecule has 3 N–H and O–H groups in total. The van der Waals surface area contributed by atoms with Crippen molar-refractivity contribution in [3.63, 3.8) is 0 Å². The van der Waals surface area contributed by atoms with E-state index in [1.165, 1.54) is 0 Å². The zero-order chi connectivity index (χ0) is 17.4. The average Bonchev–Trinajstić information content (AvgIpc) is 2.44. The summed E-state index contributed by atoms with van der Waals surface area (Å²) in [6.45, 7) is 10.2. The first kappa shape index (κ1) is 19.3. The lowest BCUT2D eigenvalue weighted by molar-refractivity contribution is 0.163. The highest BCUT2D eigenvalue weighted by atomic mass is 16.5. The minimum atomic E-state index is -0.347. The number of benzene rings is 1. The molecular weight excluding hydrogens is 292 g/mol. The quantitative estimate of drug-likeness (QED) is 0.688. The molecule has 5 heteroatoms. The van der Waals surface area contributed by atoms with Crippen LogP contribution in [-0.4, -0.2) is 29.9 Å². The first-order valence-electron chi connectivity index (χ1n) is 8.27. The maximum absolute atomic E-state index is 11.9. The van der Waals surface area contributed by atoms with Gasteiger partial charge in [0.1, 0.15) is 5.75 Å². The highest BCUT2D eigenvalue weighted by Crippen LogP contribution is 2.18. The molecule has 2 amide bonds. The summed E-state index contributed by atoms with van der Waals surface area (Å²) in [6, 6.07) is 7.46. The van der Waals surface area contributed by atoms with Crippen LogP contribution in [-0.2, 0) is 0 Å². The van der Waals surface area contributed by atoms with Gasteiger partial charge in [0, 0.05) is 6.54 Å². The van der Waals surface area contributed by atoms with Crippen LogP contribution in [0.1, 0.15) is 52.6 Å². The van der Waals surface area contributed by atoms with Crippen molar-refractivity contribution in [2.24, 2.45) is 5.92 Å². The summed E-state index contributed by atoms with van der Waals surface area (Å²) in [5.74, 6) is 1.07. The third kappa shape index (κ3) is 7.88. The van der Waals surface area contributed by atoms with Gasteiger partial charge in [-0.15, -0.1) is 0 Å². The molecule has 0 aliphatic rings. The van der Waals surface area contributed by atoms with E-state index in [9.17, 15) is 9.90 Å². The van der Waals surface area contributed by atoms with Gasteiger partial charge < -0.3 is 20.5 Å². The number of nitrogens with one attached hydrogen (secondary N) is 2.